The van der Waals surface area contributed by atoms with Crippen molar-refractivity contribution in [2.45, 2.75) is 32.9 Å². The van der Waals surface area contributed by atoms with Gasteiger partial charge in [-0.3, -0.25) is 9.20 Å². The van der Waals surface area contributed by atoms with E-state index in [9.17, 15) is 4.79 Å². The molecule has 4 rings (SSSR count). The van der Waals surface area contributed by atoms with Gasteiger partial charge < -0.3 is 10.1 Å². The summed E-state index contributed by atoms with van der Waals surface area (Å²) in [5.74, 6) is 1.39. The van der Waals surface area contributed by atoms with Gasteiger partial charge in [0, 0.05) is 11.6 Å². The predicted octanol–water partition coefficient (Wildman–Crippen LogP) is 3.49. The molecule has 1 atom stereocenters. The Labute approximate surface area is 172 Å². The second-order valence-corrected chi connectivity index (χ2v) is 7.73. The molecule has 1 aromatic carbocycles. The van der Waals surface area contributed by atoms with Gasteiger partial charge in [0.1, 0.15) is 17.4 Å². The Morgan fingerprint density at radius 3 is 2.86 bits per heavy atom. The third-order valence-electron chi connectivity index (χ3n) is 4.43. The number of benzene rings is 1. The van der Waals surface area contributed by atoms with Gasteiger partial charge >= 0.3 is 0 Å². The molecule has 1 N–H and O–H groups in total. The first-order valence-electron chi connectivity index (χ1n) is 9.30. The number of aromatic nitrogens is 4. The SMILES string of the molecule is Cc1ccc(OCc2nc(CC(=O)NC(C)c3nnc4ccccn34)cs2)cc1. The van der Waals surface area contributed by atoms with E-state index in [1.807, 2.05) is 72.3 Å². The van der Waals surface area contributed by atoms with Crippen LogP contribution in [-0.4, -0.2) is 25.5 Å². The summed E-state index contributed by atoms with van der Waals surface area (Å²) in [5, 5.41) is 14.0. The molecule has 0 saturated heterocycles. The van der Waals surface area contributed by atoms with Crippen LogP contribution in [0.1, 0.15) is 35.1 Å². The van der Waals surface area contributed by atoms with Crippen molar-refractivity contribution in [3.8, 4) is 5.75 Å². The lowest BCUT2D eigenvalue weighted by molar-refractivity contribution is -0.121. The van der Waals surface area contributed by atoms with Gasteiger partial charge in [0.15, 0.2) is 11.5 Å². The topological polar surface area (TPSA) is 81.4 Å². The fourth-order valence-corrected chi connectivity index (χ4v) is 3.66. The van der Waals surface area contributed by atoms with Crippen molar-refractivity contribution < 1.29 is 9.53 Å². The third-order valence-corrected chi connectivity index (χ3v) is 5.30. The molecule has 4 aromatic rings. The van der Waals surface area contributed by atoms with Gasteiger partial charge in [-0.25, -0.2) is 4.98 Å². The Balaban J connectivity index is 1.32. The standard InChI is InChI=1S/C21H21N5O2S/c1-14-6-8-17(9-7-14)28-12-20-23-16(13-29-20)11-19(27)22-15(2)21-25-24-18-5-3-4-10-26(18)21/h3-10,13,15H,11-12H2,1-2H3,(H,22,27). The van der Waals surface area contributed by atoms with Crippen molar-refractivity contribution in [1.82, 2.24) is 24.9 Å². The van der Waals surface area contributed by atoms with E-state index in [-0.39, 0.29) is 18.4 Å². The van der Waals surface area contributed by atoms with E-state index in [4.69, 9.17) is 4.74 Å². The van der Waals surface area contributed by atoms with E-state index in [2.05, 4.69) is 20.5 Å². The van der Waals surface area contributed by atoms with Gasteiger partial charge in [-0.15, -0.1) is 21.5 Å². The Morgan fingerprint density at radius 1 is 1.21 bits per heavy atom. The van der Waals surface area contributed by atoms with E-state index in [1.165, 1.54) is 16.9 Å². The monoisotopic (exact) mass is 407 g/mol. The summed E-state index contributed by atoms with van der Waals surface area (Å²) >= 11 is 1.49. The smallest absolute Gasteiger partial charge is 0.226 e. The number of ether oxygens (including phenoxy) is 1. The highest BCUT2D eigenvalue weighted by Gasteiger charge is 2.16. The number of nitrogens with one attached hydrogen (secondary N) is 1. The number of carbonyl (C=O) groups excluding carboxylic acids is 1. The largest absolute Gasteiger partial charge is 0.486 e. The zero-order chi connectivity index (χ0) is 20.2. The third kappa shape index (κ3) is 4.60. The van der Waals surface area contributed by atoms with Gasteiger partial charge in [0.05, 0.1) is 18.2 Å². The maximum absolute atomic E-state index is 12.4. The van der Waals surface area contributed by atoms with Crippen LogP contribution in [-0.2, 0) is 17.8 Å². The Hall–Kier alpha value is -3.26. The summed E-state index contributed by atoms with van der Waals surface area (Å²) in [6, 6.07) is 13.3. The number of rotatable bonds is 7. The van der Waals surface area contributed by atoms with Gasteiger partial charge in [0.2, 0.25) is 5.91 Å². The molecule has 0 aliphatic carbocycles. The summed E-state index contributed by atoms with van der Waals surface area (Å²) in [5.41, 5.74) is 2.67. The highest BCUT2D eigenvalue weighted by atomic mass is 32.1. The highest BCUT2D eigenvalue weighted by Crippen LogP contribution is 2.17. The minimum Gasteiger partial charge on any atom is -0.486 e. The van der Waals surface area contributed by atoms with Crippen molar-refractivity contribution >= 4 is 22.9 Å². The fourth-order valence-electron chi connectivity index (χ4n) is 2.95. The quantitative estimate of drug-likeness (QED) is 0.507. The van der Waals surface area contributed by atoms with Crippen LogP contribution in [0, 0.1) is 6.92 Å². The molecule has 29 heavy (non-hydrogen) atoms. The number of pyridine rings is 1. The van der Waals surface area contributed by atoms with E-state index < -0.39 is 0 Å². The van der Waals surface area contributed by atoms with Crippen molar-refractivity contribution in [3.05, 3.63) is 76.1 Å². The molecule has 1 amide bonds. The normalized spacial score (nSPS) is 12.1. The zero-order valence-corrected chi connectivity index (χ0v) is 17.0. The highest BCUT2D eigenvalue weighted by molar-refractivity contribution is 7.09. The number of nitrogens with zero attached hydrogens (tertiary/aromatic N) is 4. The average Bonchev–Trinajstić information content (AvgIpc) is 3.34. The summed E-state index contributed by atoms with van der Waals surface area (Å²) in [6.45, 7) is 4.31. The van der Waals surface area contributed by atoms with E-state index >= 15 is 0 Å². The van der Waals surface area contributed by atoms with E-state index in [0.717, 1.165) is 22.1 Å². The van der Waals surface area contributed by atoms with Crippen LogP contribution in [0.25, 0.3) is 5.65 Å². The maximum Gasteiger partial charge on any atom is 0.226 e. The minimum atomic E-state index is -0.261. The van der Waals surface area contributed by atoms with Crippen LogP contribution in [0.4, 0.5) is 0 Å². The molecular weight excluding hydrogens is 386 g/mol. The first-order valence-corrected chi connectivity index (χ1v) is 10.2. The number of aryl methyl sites for hydroxylation is 1. The summed E-state index contributed by atoms with van der Waals surface area (Å²) in [4.78, 5) is 16.9. The molecule has 3 heterocycles. The lowest BCUT2D eigenvalue weighted by atomic mass is 10.2. The van der Waals surface area contributed by atoms with Crippen LogP contribution in [0.5, 0.6) is 5.75 Å². The number of carbonyl (C=O) groups is 1. The predicted molar refractivity (Wildman–Crippen MR) is 111 cm³/mol. The zero-order valence-electron chi connectivity index (χ0n) is 16.2. The van der Waals surface area contributed by atoms with Crippen molar-refractivity contribution in [2.24, 2.45) is 0 Å². The number of hydrogen-bond donors (Lipinski definition) is 1. The molecule has 0 fully saturated rings. The molecule has 3 aromatic heterocycles. The molecule has 0 radical (unpaired) electrons. The summed E-state index contributed by atoms with van der Waals surface area (Å²) < 4.78 is 7.62. The maximum atomic E-state index is 12.4. The number of fused-ring (bicyclic) bond motifs is 1. The number of hydrogen-bond acceptors (Lipinski definition) is 6. The van der Waals surface area contributed by atoms with Gasteiger partial charge in [-0.05, 0) is 38.1 Å². The summed E-state index contributed by atoms with van der Waals surface area (Å²) in [7, 11) is 0. The molecule has 8 heteroatoms. The fraction of sp³-hybridized carbons (Fsp3) is 0.238. The molecular formula is C21H21N5O2S. The molecule has 0 aliphatic heterocycles. The van der Waals surface area contributed by atoms with E-state index in [0.29, 0.717) is 12.4 Å². The lowest BCUT2D eigenvalue weighted by Crippen LogP contribution is -2.29. The minimum absolute atomic E-state index is 0.110. The number of amides is 1. The van der Waals surface area contributed by atoms with Crippen LogP contribution in [0.2, 0.25) is 0 Å². The van der Waals surface area contributed by atoms with Crippen molar-refractivity contribution in [2.75, 3.05) is 0 Å². The Morgan fingerprint density at radius 2 is 2.03 bits per heavy atom. The van der Waals surface area contributed by atoms with Gasteiger partial charge in [-0.1, -0.05) is 23.8 Å². The molecule has 0 bridgehead atoms. The Kier molecular flexibility index (Phi) is 5.53. The summed E-state index contributed by atoms with van der Waals surface area (Å²) in [6.07, 6.45) is 2.09. The van der Waals surface area contributed by atoms with Crippen LogP contribution in [0.3, 0.4) is 0 Å². The van der Waals surface area contributed by atoms with Crippen molar-refractivity contribution in [1.29, 1.82) is 0 Å². The van der Waals surface area contributed by atoms with Crippen LogP contribution < -0.4 is 10.1 Å². The second kappa shape index (κ2) is 8.40. The average molecular weight is 407 g/mol. The number of thiazole rings is 1. The molecule has 0 spiro atoms. The molecule has 1 unspecified atom stereocenters. The first-order chi connectivity index (χ1) is 14.1. The van der Waals surface area contributed by atoms with Gasteiger partial charge in [0.25, 0.3) is 0 Å². The molecule has 148 valence electrons. The van der Waals surface area contributed by atoms with Crippen LogP contribution >= 0.6 is 11.3 Å². The Bertz CT molecular complexity index is 1120. The van der Waals surface area contributed by atoms with Gasteiger partial charge in [-0.2, -0.15) is 0 Å². The first kappa shape index (κ1) is 19.1. The molecule has 0 saturated carbocycles. The molecule has 0 aliphatic rings. The molecule has 7 nitrogen and oxygen atoms in total. The van der Waals surface area contributed by atoms with Crippen LogP contribution in [0.15, 0.2) is 54.0 Å². The second-order valence-electron chi connectivity index (χ2n) is 6.79. The lowest BCUT2D eigenvalue weighted by Gasteiger charge is -2.11. The van der Waals surface area contributed by atoms with E-state index in [1.54, 1.807) is 0 Å². The van der Waals surface area contributed by atoms with Crippen molar-refractivity contribution in [3.63, 3.8) is 0 Å².